The van der Waals surface area contributed by atoms with Crippen LogP contribution in [-0.2, 0) is 4.79 Å². The quantitative estimate of drug-likeness (QED) is 0.634. The van der Waals surface area contributed by atoms with Gasteiger partial charge in [-0.1, -0.05) is 19.8 Å². The molecule has 1 aliphatic heterocycles. The Labute approximate surface area is 116 Å². The van der Waals surface area contributed by atoms with Crippen LogP contribution in [0.3, 0.4) is 0 Å². The van der Waals surface area contributed by atoms with Crippen molar-refractivity contribution in [3.05, 3.63) is 0 Å². The van der Waals surface area contributed by atoms with Crippen LogP contribution in [0, 0.1) is 0 Å². The molecule has 106 valence electrons. The lowest BCUT2D eigenvalue weighted by Gasteiger charge is -2.26. The third-order valence-corrected chi connectivity index (χ3v) is 4.54. The Balaban J connectivity index is 2.09. The summed E-state index contributed by atoms with van der Waals surface area (Å²) in [5, 5.41) is 6.47. The van der Waals surface area contributed by atoms with E-state index in [-0.39, 0.29) is 11.4 Å². The molecule has 0 radical (unpaired) electrons. The van der Waals surface area contributed by atoms with Crippen LogP contribution in [0.5, 0.6) is 0 Å². The molecule has 3 nitrogen and oxygen atoms in total. The number of amides is 1. The second-order valence-corrected chi connectivity index (χ2v) is 6.11. The summed E-state index contributed by atoms with van der Waals surface area (Å²) in [5.74, 6) is 1.47. The van der Waals surface area contributed by atoms with Crippen LogP contribution >= 0.6 is 11.8 Å². The first-order valence-corrected chi connectivity index (χ1v) is 8.67. The molecule has 18 heavy (non-hydrogen) atoms. The van der Waals surface area contributed by atoms with Gasteiger partial charge in [0.1, 0.15) is 0 Å². The summed E-state index contributed by atoms with van der Waals surface area (Å²) in [6, 6.07) is 0. The number of hydrogen-bond donors (Lipinski definition) is 2. The number of hydrogen-bond acceptors (Lipinski definition) is 3. The molecular weight excluding hydrogens is 244 g/mol. The molecule has 0 saturated carbocycles. The van der Waals surface area contributed by atoms with E-state index >= 15 is 0 Å². The highest BCUT2D eigenvalue weighted by atomic mass is 32.2. The van der Waals surface area contributed by atoms with Gasteiger partial charge in [0, 0.05) is 6.54 Å². The van der Waals surface area contributed by atoms with Gasteiger partial charge in [-0.3, -0.25) is 4.79 Å². The number of carbonyl (C=O) groups is 1. The van der Waals surface area contributed by atoms with Crippen molar-refractivity contribution in [3.8, 4) is 0 Å². The van der Waals surface area contributed by atoms with Crippen LogP contribution < -0.4 is 10.6 Å². The zero-order valence-electron chi connectivity index (χ0n) is 11.9. The highest BCUT2D eigenvalue weighted by Crippen LogP contribution is 2.22. The Morgan fingerprint density at radius 3 is 2.72 bits per heavy atom. The molecule has 2 N–H and O–H groups in total. The van der Waals surface area contributed by atoms with Crippen molar-refractivity contribution in [1.29, 1.82) is 0 Å². The van der Waals surface area contributed by atoms with Crippen molar-refractivity contribution in [1.82, 2.24) is 10.6 Å². The molecule has 0 aromatic carbocycles. The predicted octanol–water partition coefficient (Wildman–Crippen LogP) is 2.56. The summed E-state index contributed by atoms with van der Waals surface area (Å²) in [6.45, 7) is 3.91. The standard InChI is InChI=1S/C14H28N2OS/c1-3-14(9-8-11-16-14)13(17)15-10-6-4-5-7-12-18-2/h16H,3-12H2,1-2H3,(H,15,17). The molecule has 4 heteroatoms. The molecule has 0 aliphatic carbocycles. The average molecular weight is 272 g/mol. The Kier molecular flexibility index (Phi) is 7.75. The summed E-state index contributed by atoms with van der Waals surface area (Å²) in [5.41, 5.74) is -0.265. The molecule has 1 heterocycles. The average Bonchev–Trinajstić information content (AvgIpc) is 2.87. The highest BCUT2D eigenvalue weighted by molar-refractivity contribution is 7.98. The van der Waals surface area contributed by atoms with E-state index in [2.05, 4.69) is 23.8 Å². The lowest BCUT2D eigenvalue weighted by atomic mass is 9.93. The molecule has 1 unspecified atom stereocenters. The lowest BCUT2D eigenvalue weighted by molar-refractivity contribution is -0.127. The fraction of sp³-hybridized carbons (Fsp3) is 0.929. The molecule has 1 amide bonds. The first kappa shape index (κ1) is 15.8. The van der Waals surface area contributed by atoms with Crippen LogP contribution in [0.4, 0.5) is 0 Å². The maximum atomic E-state index is 12.2. The molecule has 0 aromatic heterocycles. The molecule has 1 saturated heterocycles. The van der Waals surface area contributed by atoms with Gasteiger partial charge in [0.15, 0.2) is 0 Å². The predicted molar refractivity (Wildman–Crippen MR) is 80.1 cm³/mol. The summed E-state index contributed by atoms with van der Waals surface area (Å²) < 4.78 is 0. The number of rotatable bonds is 9. The van der Waals surface area contributed by atoms with Crippen molar-refractivity contribution in [2.45, 2.75) is 57.4 Å². The van der Waals surface area contributed by atoms with E-state index in [0.717, 1.165) is 38.8 Å². The maximum absolute atomic E-state index is 12.2. The Morgan fingerprint density at radius 2 is 2.11 bits per heavy atom. The van der Waals surface area contributed by atoms with E-state index in [0.29, 0.717) is 0 Å². The Hall–Kier alpha value is -0.220. The molecule has 1 aliphatic rings. The molecule has 0 aromatic rings. The van der Waals surface area contributed by atoms with Crippen LogP contribution in [0.15, 0.2) is 0 Å². The van der Waals surface area contributed by atoms with Gasteiger partial charge >= 0.3 is 0 Å². The van der Waals surface area contributed by atoms with Gasteiger partial charge < -0.3 is 10.6 Å². The van der Waals surface area contributed by atoms with Gasteiger partial charge in [-0.2, -0.15) is 11.8 Å². The zero-order valence-corrected chi connectivity index (χ0v) is 12.7. The SMILES string of the molecule is CCC1(C(=O)NCCCCCCSC)CCCN1. The molecule has 1 fully saturated rings. The first-order valence-electron chi connectivity index (χ1n) is 7.27. The van der Waals surface area contributed by atoms with Gasteiger partial charge in [-0.15, -0.1) is 0 Å². The number of nitrogens with one attached hydrogen (secondary N) is 2. The second kappa shape index (κ2) is 8.81. The van der Waals surface area contributed by atoms with E-state index in [9.17, 15) is 4.79 Å². The summed E-state index contributed by atoms with van der Waals surface area (Å²) in [7, 11) is 0. The monoisotopic (exact) mass is 272 g/mol. The third kappa shape index (κ3) is 4.81. The fourth-order valence-corrected chi connectivity index (χ4v) is 3.05. The Morgan fingerprint density at radius 1 is 1.33 bits per heavy atom. The van der Waals surface area contributed by atoms with Crippen molar-refractivity contribution >= 4 is 17.7 Å². The first-order chi connectivity index (χ1) is 8.75. The van der Waals surface area contributed by atoms with Gasteiger partial charge in [0.2, 0.25) is 5.91 Å². The van der Waals surface area contributed by atoms with Gasteiger partial charge in [-0.05, 0) is 50.7 Å². The van der Waals surface area contributed by atoms with Gasteiger partial charge in [0.25, 0.3) is 0 Å². The van der Waals surface area contributed by atoms with E-state index in [1.165, 1.54) is 25.0 Å². The topological polar surface area (TPSA) is 41.1 Å². The fourth-order valence-electron chi connectivity index (χ4n) is 2.56. The van der Waals surface area contributed by atoms with Crippen molar-refractivity contribution in [3.63, 3.8) is 0 Å². The van der Waals surface area contributed by atoms with E-state index in [1.54, 1.807) is 0 Å². The van der Waals surface area contributed by atoms with E-state index in [1.807, 2.05) is 11.8 Å². The molecule has 1 rings (SSSR count). The lowest BCUT2D eigenvalue weighted by Crippen LogP contribution is -2.53. The number of unbranched alkanes of at least 4 members (excludes halogenated alkanes) is 3. The van der Waals surface area contributed by atoms with E-state index in [4.69, 9.17) is 0 Å². The number of thioether (sulfide) groups is 1. The third-order valence-electron chi connectivity index (χ3n) is 3.84. The minimum absolute atomic E-state index is 0.214. The smallest absolute Gasteiger partial charge is 0.240 e. The van der Waals surface area contributed by atoms with E-state index < -0.39 is 0 Å². The van der Waals surface area contributed by atoms with Gasteiger partial charge in [0.05, 0.1) is 5.54 Å². The van der Waals surface area contributed by atoms with Crippen LogP contribution in [0.1, 0.15) is 51.9 Å². The highest BCUT2D eigenvalue weighted by Gasteiger charge is 2.38. The van der Waals surface area contributed by atoms with Crippen molar-refractivity contribution < 1.29 is 4.79 Å². The molecule has 1 atom stereocenters. The minimum Gasteiger partial charge on any atom is -0.354 e. The molecular formula is C14H28N2OS. The van der Waals surface area contributed by atoms with Crippen molar-refractivity contribution in [2.75, 3.05) is 25.1 Å². The summed E-state index contributed by atoms with van der Waals surface area (Å²) in [6.07, 6.45) is 10.1. The molecule has 0 spiro atoms. The Bertz CT molecular complexity index is 240. The van der Waals surface area contributed by atoms with Gasteiger partial charge in [-0.25, -0.2) is 0 Å². The van der Waals surface area contributed by atoms with Crippen LogP contribution in [0.25, 0.3) is 0 Å². The largest absolute Gasteiger partial charge is 0.354 e. The molecule has 0 bridgehead atoms. The maximum Gasteiger partial charge on any atom is 0.240 e. The second-order valence-electron chi connectivity index (χ2n) is 5.13. The zero-order chi connectivity index (χ0) is 13.3. The minimum atomic E-state index is -0.265. The van der Waals surface area contributed by atoms with Crippen LogP contribution in [0.2, 0.25) is 0 Å². The number of carbonyl (C=O) groups excluding carboxylic acids is 1. The van der Waals surface area contributed by atoms with Crippen LogP contribution in [-0.4, -0.2) is 36.5 Å². The summed E-state index contributed by atoms with van der Waals surface area (Å²) >= 11 is 1.91. The normalized spacial score (nSPS) is 23.2. The van der Waals surface area contributed by atoms with Crippen molar-refractivity contribution in [2.24, 2.45) is 0 Å². The summed E-state index contributed by atoms with van der Waals surface area (Å²) in [4.78, 5) is 12.2.